The second-order valence-corrected chi connectivity index (χ2v) is 4.13. The molecule has 0 aromatic carbocycles. The average molecular weight is 262 g/mol. The maximum atomic E-state index is 11.7. The lowest BCUT2D eigenvalue weighted by atomic mass is 10.2. The van der Waals surface area contributed by atoms with E-state index < -0.39 is 0 Å². The molecule has 0 radical (unpaired) electrons. The lowest BCUT2D eigenvalue weighted by Gasteiger charge is -2.19. The van der Waals surface area contributed by atoms with Gasteiger partial charge in [-0.05, 0) is 19.1 Å². The summed E-state index contributed by atoms with van der Waals surface area (Å²) < 4.78 is 4.85. The number of carbonyl (C=O) groups is 1. The number of amides is 1. The molecule has 0 unspecified atom stereocenters. The highest BCUT2D eigenvalue weighted by molar-refractivity contribution is 5.81. The Morgan fingerprint density at radius 3 is 2.95 bits per heavy atom. The molecule has 1 aromatic heterocycles. The number of likely N-dealkylation sites (N-methyl/N-ethyl adjacent to an activating group) is 1. The Bertz CT molecular complexity index is 482. The fraction of sp³-hybridized carbons (Fsp3) is 0.462. The van der Waals surface area contributed by atoms with Gasteiger partial charge in [0.1, 0.15) is 11.9 Å². The van der Waals surface area contributed by atoms with Crippen LogP contribution >= 0.6 is 0 Å². The fourth-order valence-electron chi connectivity index (χ4n) is 1.56. The first-order valence-corrected chi connectivity index (χ1v) is 5.93. The van der Waals surface area contributed by atoms with E-state index in [-0.39, 0.29) is 12.5 Å². The van der Waals surface area contributed by atoms with E-state index in [1.54, 1.807) is 31.2 Å². The van der Waals surface area contributed by atoms with Crippen LogP contribution in [0.2, 0.25) is 0 Å². The number of aryl methyl sites for hydroxylation is 1. The number of hydrogen-bond acceptors (Lipinski definition) is 5. The van der Waals surface area contributed by atoms with Crippen molar-refractivity contribution < 1.29 is 9.53 Å². The standard InChI is InChI=1S/C13H18N4O2/c1-10-4-5-11(8-14)13(16-10)17(2)9-12(18)15-6-7-19-3/h4-5H,6-7,9H2,1-3H3,(H,15,18). The van der Waals surface area contributed by atoms with E-state index in [0.29, 0.717) is 24.5 Å². The smallest absolute Gasteiger partial charge is 0.239 e. The number of pyridine rings is 1. The van der Waals surface area contributed by atoms with Crippen molar-refractivity contribution in [2.45, 2.75) is 6.92 Å². The summed E-state index contributed by atoms with van der Waals surface area (Å²) in [5.74, 6) is 0.385. The normalized spacial score (nSPS) is 9.79. The van der Waals surface area contributed by atoms with E-state index in [2.05, 4.69) is 16.4 Å². The second kappa shape index (κ2) is 7.34. The van der Waals surface area contributed by atoms with Gasteiger partial charge >= 0.3 is 0 Å². The van der Waals surface area contributed by atoms with Crippen molar-refractivity contribution in [1.29, 1.82) is 5.26 Å². The van der Waals surface area contributed by atoms with Gasteiger partial charge in [0.25, 0.3) is 0 Å². The third kappa shape index (κ3) is 4.56. The van der Waals surface area contributed by atoms with E-state index in [4.69, 9.17) is 10.00 Å². The fourth-order valence-corrected chi connectivity index (χ4v) is 1.56. The molecule has 1 aromatic rings. The van der Waals surface area contributed by atoms with Gasteiger partial charge in [0.05, 0.1) is 18.7 Å². The minimum atomic E-state index is -0.133. The minimum absolute atomic E-state index is 0.133. The van der Waals surface area contributed by atoms with Crippen LogP contribution in [0.25, 0.3) is 0 Å². The minimum Gasteiger partial charge on any atom is -0.383 e. The second-order valence-electron chi connectivity index (χ2n) is 4.13. The van der Waals surface area contributed by atoms with Crippen molar-refractivity contribution in [3.05, 3.63) is 23.4 Å². The van der Waals surface area contributed by atoms with Crippen LogP contribution in [0.15, 0.2) is 12.1 Å². The third-order valence-corrected chi connectivity index (χ3v) is 2.51. The molecule has 0 atom stereocenters. The molecule has 0 saturated heterocycles. The summed E-state index contributed by atoms with van der Waals surface area (Å²) in [5.41, 5.74) is 1.26. The predicted octanol–water partition coefficient (Wildman–Crippen LogP) is 0.460. The molecule has 1 rings (SSSR count). The van der Waals surface area contributed by atoms with Crippen molar-refractivity contribution >= 4 is 11.7 Å². The Morgan fingerprint density at radius 1 is 1.58 bits per heavy atom. The van der Waals surface area contributed by atoms with Gasteiger partial charge in [0, 0.05) is 26.4 Å². The topological polar surface area (TPSA) is 78.2 Å². The Morgan fingerprint density at radius 2 is 2.32 bits per heavy atom. The highest BCUT2D eigenvalue weighted by Crippen LogP contribution is 2.15. The molecule has 0 bridgehead atoms. The zero-order valence-corrected chi connectivity index (χ0v) is 11.4. The largest absolute Gasteiger partial charge is 0.383 e. The molecule has 0 aliphatic rings. The van der Waals surface area contributed by atoms with Crippen LogP contribution < -0.4 is 10.2 Å². The van der Waals surface area contributed by atoms with Gasteiger partial charge in [0.15, 0.2) is 0 Å². The molecule has 1 amide bonds. The van der Waals surface area contributed by atoms with Crippen molar-refractivity contribution in [2.24, 2.45) is 0 Å². The molecule has 6 nitrogen and oxygen atoms in total. The number of nitrogens with one attached hydrogen (secondary N) is 1. The SMILES string of the molecule is COCCNC(=O)CN(C)c1nc(C)ccc1C#N. The molecule has 0 fully saturated rings. The van der Waals surface area contributed by atoms with E-state index in [1.807, 2.05) is 6.92 Å². The van der Waals surface area contributed by atoms with Gasteiger partial charge < -0.3 is 15.0 Å². The van der Waals surface area contributed by atoms with Gasteiger partial charge in [-0.25, -0.2) is 4.98 Å². The Hall–Kier alpha value is -2.13. The average Bonchev–Trinajstić information content (AvgIpc) is 2.39. The van der Waals surface area contributed by atoms with E-state index in [9.17, 15) is 4.79 Å². The Balaban J connectivity index is 2.67. The maximum absolute atomic E-state index is 11.7. The molecule has 1 heterocycles. The number of hydrogen-bond donors (Lipinski definition) is 1. The summed E-state index contributed by atoms with van der Waals surface area (Å²) >= 11 is 0. The van der Waals surface area contributed by atoms with Crippen LogP contribution in [0.4, 0.5) is 5.82 Å². The molecule has 0 aliphatic carbocycles. The molecule has 0 saturated carbocycles. The van der Waals surface area contributed by atoms with E-state index in [0.717, 1.165) is 5.69 Å². The summed E-state index contributed by atoms with van der Waals surface area (Å²) in [6, 6.07) is 5.55. The first kappa shape index (κ1) is 14.9. The zero-order chi connectivity index (χ0) is 14.3. The zero-order valence-electron chi connectivity index (χ0n) is 11.4. The first-order valence-electron chi connectivity index (χ1n) is 5.93. The summed E-state index contributed by atoms with van der Waals surface area (Å²) in [6.07, 6.45) is 0. The van der Waals surface area contributed by atoms with Crippen LogP contribution in [0.3, 0.4) is 0 Å². The number of aromatic nitrogens is 1. The summed E-state index contributed by atoms with van der Waals surface area (Å²) in [6.45, 7) is 2.93. The molecule has 6 heteroatoms. The number of ether oxygens (including phenoxy) is 1. The van der Waals surface area contributed by atoms with Crippen LogP contribution in [-0.4, -0.2) is 44.7 Å². The van der Waals surface area contributed by atoms with E-state index in [1.165, 1.54) is 0 Å². The van der Waals surface area contributed by atoms with Gasteiger partial charge in [-0.1, -0.05) is 0 Å². The first-order chi connectivity index (χ1) is 9.08. The van der Waals surface area contributed by atoms with Crippen molar-refractivity contribution in [1.82, 2.24) is 10.3 Å². The van der Waals surface area contributed by atoms with Crippen molar-refractivity contribution in [3.63, 3.8) is 0 Å². The molecule has 0 aliphatic heterocycles. The number of methoxy groups -OCH3 is 1. The predicted molar refractivity (Wildman–Crippen MR) is 71.8 cm³/mol. The van der Waals surface area contributed by atoms with Crippen LogP contribution in [-0.2, 0) is 9.53 Å². The van der Waals surface area contributed by atoms with Crippen LogP contribution in [0.1, 0.15) is 11.3 Å². The molecular weight excluding hydrogens is 244 g/mol. The number of nitriles is 1. The Kier molecular flexibility index (Phi) is 5.76. The molecular formula is C13H18N4O2. The number of nitrogens with zero attached hydrogens (tertiary/aromatic N) is 3. The van der Waals surface area contributed by atoms with Crippen molar-refractivity contribution in [3.8, 4) is 6.07 Å². The molecule has 19 heavy (non-hydrogen) atoms. The highest BCUT2D eigenvalue weighted by atomic mass is 16.5. The quantitative estimate of drug-likeness (QED) is 0.754. The molecule has 102 valence electrons. The number of anilines is 1. The maximum Gasteiger partial charge on any atom is 0.239 e. The highest BCUT2D eigenvalue weighted by Gasteiger charge is 2.12. The summed E-state index contributed by atoms with van der Waals surface area (Å²) in [7, 11) is 3.31. The Labute approximate surface area is 113 Å². The van der Waals surface area contributed by atoms with E-state index >= 15 is 0 Å². The van der Waals surface area contributed by atoms with Gasteiger partial charge in [0.2, 0.25) is 5.91 Å². The summed E-state index contributed by atoms with van der Waals surface area (Å²) in [4.78, 5) is 17.6. The third-order valence-electron chi connectivity index (χ3n) is 2.51. The lowest BCUT2D eigenvalue weighted by molar-refractivity contribution is -0.119. The van der Waals surface area contributed by atoms with Crippen molar-refractivity contribution in [2.75, 3.05) is 38.8 Å². The summed E-state index contributed by atoms with van der Waals surface area (Å²) in [5, 5.41) is 11.8. The van der Waals surface area contributed by atoms with Gasteiger partial charge in [-0.3, -0.25) is 4.79 Å². The van der Waals surface area contributed by atoms with Gasteiger partial charge in [-0.15, -0.1) is 0 Å². The van der Waals surface area contributed by atoms with Crippen LogP contribution in [0.5, 0.6) is 0 Å². The lowest BCUT2D eigenvalue weighted by Crippen LogP contribution is -2.37. The molecule has 1 N–H and O–H groups in total. The molecule has 0 spiro atoms. The number of rotatable bonds is 6. The van der Waals surface area contributed by atoms with Gasteiger partial charge in [-0.2, -0.15) is 5.26 Å². The number of carbonyl (C=O) groups excluding carboxylic acids is 1. The van der Waals surface area contributed by atoms with Crippen LogP contribution in [0, 0.1) is 18.3 Å². The monoisotopic (exact) mass is 262 g/mol.